The molecule has 0 saturated carbocycles. The van der Waals surface area contributed by atoms with Crippen molar-refractivity contribution < 1.29 is 23.0 Å². The fourth-order valence-corrected chi connectivity index (χ4v) is 3.60. The van der Waals surface area contributed by atoms with Crippen molar-refractivity contribution in [3.8, 4) is 11.5 Å². The highest BCUT2D eigenvalue weighted by molar-refractivity contribution is 5.78. The van der Waals surface area contributed by atoms with E-state index < -0.39 is 5.82 Å². The average Bonchev–Trinajstić information content (AvgIpc) is 2.70. The Morgan fingerprint density at radius 1 is 1.07 bits per heavy atom. The maximum Gasteiger partial charge on any atom is 0.260 e. The molecular formula is C22H26F2N2O3. The Hall–Kier alpha value is -2.67. The molecule has 1 aliphatic heterocycles. The second kappa shape index (κ2) is 9.22. The Balaban J connectivity index is 1.59. The van der Waals surface area contributed by atoms with Crippen molar-refractivity contribution >= 4 is 5.91 Å². The number of amides is 1. The molecule has 2 aromatic rings. The van der Waals surface area contributed by atoms with E-state index in [0.717, 1.165) is 5.56 Å². The van der Waals surface area contributed by atoms with Crippen molar-refractivity contribution in [2.24, 2.45) is 0 Å². The second-order valence-electron chi connectivity index (χ2n) is 7.36. The number of carbonyl (C=O) groups excluding carboxylic acids is 1. The molecule has 0 unspecified atom stereocenters. The molecule has 1 aliphatic rings. The smallest absolute Gasteiger partial charge is 0.260 e. The highest BCUT2D eigenvalue weighted by Crippen LogP contribution is 2.29. The van der Waals surface area contributed by atoms with Crippen LogP contribution in [-0.4, -0.2) is 54.6 Å². The van der Waals surface area contributed by atoms with E-state index in [0.29, 0.717) is 19.6 Å². The maximum absolute atomic E-state index is 14.0. The van der Waals surface area contributed by atoms with E-state index in [-0.39, 0.29) is 41.9 Å². The molecule has 0 bridgehead atoms. The molecular weight excluding hydrogens is 378 g/mol. The molecule has 3 rings (SSSR count). The van der Waals surface area contributed by atoms with Gasteiger partial charge in [0.05, 0.1) is 7.11 Å². The normalized spacial score (nSPS) is 19.8. The monoisotopic (exact) mass is 404 g/mol. The number of hydrogen-bond acceptors (Lipinski definition) is 4. The van der Waals surface area contributed by atoms with Gasteiger partial charge in [-0.25, -0.2) is 8.78 Å². The predicted molar refractivity (Wildman–Crippen MR) is 106 cm³/mol. The number of ether oxygens (including phenoxy) is 2. The number of carbonyl (C=O) groups is 1. The maximum atomic E-state index is 14.0. The molecule has 0 N–H and O–H groups in total. The van der Waals surface area contributed by atoms with Crippen LogP contribution in [0.5, 0.6) is 11.5 Å². The van der Waals surface area contributed by atoms with Crippen molar-refractivity contribution in [2.75, 3.05) is 26.8 Å². The molecule has 2 aromatic carbocycles. The number of methoxy groups -OCH3 is 1. The molecule has 0 aliphatic carbocycles. The number of hydrogen-bond donors (Lipinski definition) is 0. The van der Waals surface area contributed by atoms with Gasteiger partial charge in [-0.3, -0.25) is 9.69 Å². The lowest BCUT2D eigenvalue weighted by atomic mass is 10.1. The van der Waals surface area contributed by atoms with Gasteiger partial charge < -0.3 is 14.4 Å². The standard InChI is InChI=1S/C22H26F2N2O3/c1-15-12-26(16(2)11-25(15)13-17-7-9-18(23)10-8-17)21(27)14-29-22-19(24)5-4-6-20(22)28-3/h4-10,15-16H,11-14H2,1-3H3/t15-,16+/m1/s1. The molecule has 1 saturated heterocycles. The minimum atomic E-state index is -0.567. The van der Waals surface area contributed by atoms with Gasteiger partial charge in [0.2, 0.25) is 0 Å². The van der Waals surface area contributed by atoms with Gasteiger partial charge in [0, 0.05) is 31.7 Å². The zero-order valence-electron chi connectivity index (χ0n) is 16.9. The van der Waals surface area contributed by atoms with Gasteiger partial charge in [-0.1, -0.05) is 18.2 Å². The molecule has 5 nitrogen and oxygen atoms in total. The Labute approximate surface area is 169 Å². The average molecular weight is 404 g/mol. The Morgan fingerprint density at radius 3 is 2.48 bits per heavy atom. The fraction of sp³-hybridized carbons (Fsp3) is 0.409. The van der Waals surface area contributed by atoms with Gasteiger partial charge in [0.1, 0.15) is 5.82 Å². The van der Waals surface area contributed by atoms with Gasteiger partial charge in [0.15, 0.2) is 23.9 Å². The van der Waals surface area contributed by atoms with Crippen LogP contribution in [0.15, 0.2) is 42.5 Å². The van der Waals surface area contributed by atoms with Crippen LogP contribution < -0.4 is 9.47 Å². The van der Waals surface area contributed by atoms with Gasteiger partial charge in [-0.2, -0.15) is 0 Å². The summed E-state index contributed by atoms with van der Waals surface area (Å²) in [5.74, 6) is -0.821. The molecule has 1 fully saturated rings. The minimum Gasteiger partial charge on any atom is -0.493 e. The van der Waals surface area contributed by atoms with Crippen LogP contribution in [0, 0.1) is 11.6 Å². The highest BCUT2D eigenvalue weighted by atomic mass is 19.1. The Morgan fingerprint density at radius 2 is 1.79 bits per heavy atom. The first-order chi connectivity index (χ1) is 13.9. The quantitative estimate of drug-likeness (QED) is 0.739. The van der Waals surface area contributed by atoms with E-state index in [4.69, 9.17) is 9.47 Å². The lowest BCUT2D eigenvalue weighted by Crippen LogP contribution is -2.58. The van der Waals surface area contributed by atoms with Crippen LogP contribution in [0.1, 0.15) is 19.4 Å². The summed E-state index contributed by atoms with van der Waals surface area (Å²) >= 11 is 0. The highest BCUT2D eigenvalue weighted by Gasteiger charge is 2.32. The van der Waals surface area contributed by atoms with Crippen molar-refractivity contribution in [3.05, 3.63) is 59.7 Å². The number of piperazine rings is 1. The number of nitrogens with zero attached hydrogens (tertiary/aromatic N) is 2. The summed E-state index contributed by atoms with van der Waals surface area (Å²) in [7, 11) is 1.42. The molecule has 156 valence electrons. The topological polar surface area (TPSA) is 42.0 Å². The van der Waals surface area contributed by atoms with E-state index >= 15 is 0 Å². The molecule has 0 radical (unpaired) electrons. The summed E-state index contributed by atoms with van der Waals surface area (Å²) in [4.78, 5) is 16.7. The first-order valence-electron chi connectivity index (χ1n) is 9.62. The van der Waals surface area contributed by atoms with E-state index in [2.05, 4.69) is 11.8 Å². The third kappa shape index (κ3) is 5.03. The second-order valence-corrected chi connectivity index (χ2v) is 7.36. The lowest BCUT2D eigenvalue weighted by molar-refractivity contribution is -0.139. The molecule has 0 spiro atoms. The zero-order valence-corrected chi connectivity index (χ0v) is 16.9. The summed E-state index contributed by atoms with van der Waals surface area (Å²) in [6.07, 6.45) is 0. The first kappa shape index (κ1) is 21.0. The third-order valence-corrected chi connectivity index (χ3v) is 5.23. The van der Waals surface area contributed by atoms with E-state index in [1.54, 1.807) is 23.1 Å². The van der Waals surface area contributed by atoms with E-state index in [1.807, 2.05) is 6.92 Å². The van der Waals surface area contributed by atoms with Crippen molar-refractivity contribution in [2.45, 2.75) is 32.5 Å². The summed E-state index contributed by atoms with van der Waals surface area (Å²) in [6.45, 7) is 5.69. The van der Waals surface area contributed by atoms with Crippen molar-refractivity contribution in [1.29, 1.82) is 0 Å². The minimum absolute atomic E-state index is 0.0229. The molecule has 29 heavy (non-hydrogen) atoms. The van der Waals surface area contributed by atoms with Crippen molar-refractivity contribution in [3.63, 3.8) is 0 Å². The number of rotatable bonds is 6. The van der Waals surface area contributed by atoms with Gasteiger partial charge >= 0.3 is 0 Å². The van der Waals surface area contributed by atoms with Crippen LogP contribution in [0.2, 0.25) is 0 Å². The summed E-state index contributed by atoms with van der Waals surface area (Å²) in [5, 5.41) is 0. The summed E-state index contributed by atoms with van der Waals surface area (Å²) in [5.41, 5.74) is 1.03. The zero-order chi connectivity index (χ0) is 21.0. The molecule has 1 amide bonds. The van der Waals surface area contributed by atoms with Crippen LogP contribution >= 0.6 is 0 Å². The van der Waals surface area contributed by atoms with Crippen LogP contribution in [-0.2, 0) is 11.3 Å². The SMILES string of the molecule is COc1cccc(F)c1OCC(=O)N1C[C@@H](C)N(Cc2ccc(F)cc2)C[C@@H]1C. The third-order valence-electron chi connectivity index (χ3n) is 5.23. The van der Waals surface area contributed by atoms with Gasteiger partial charge in [-0.05, 0) is 43.7 Å². The molecule has 2 atom stereocenters. The lowest BCUT2D eigenvalue weighted by Gasteiger charge is -2.44. The number of para-hydroxylation sites is 1. The van der Waals surface area contributed by atoms with Gasteiger partial charge in [0.25, 0.3) is 5.91 Å². The van der Waals surface area contributed by atoms with Crippen molar-refractivity contribution in [1.82, 2.24) is 9.80 Å². The largest absolute Gasteiger partial charge is 0.493 e. The van der Waals surface area contributed by atoms with E-state index in [1.165, 1.54) is 31.4 Å². The van der Waals surface area contributed by atoms with Crippen LogP contribution in [0.25, 0.3) is 0 Å². The summed E-state index contributed by atoms with van der Waals surface area (Å²) in [6, 6.07) is 10.9. The molecule has 1 heterocycles. The number of halogens is 2. The number of benzene rings is 2. The summed E-state index contributed by atoms with van der Waals surface area (Å²) < 4.78 is 37.7. The van der Waals surface area contributed by atoms with Gasteiger partial charge in [-0.15, -0.1) is 0 Å². The van der Waals surface area contributed by atoms with Crippen LogP contribution in [0.3, 0.4) is 0 Å². The molecule has 7 heteroatoms. The first-order valence-corrected chi connectivity index (χ1v) is 9.62. The fourth-order valence-electron chi connectivity index (χ4n) is 3.60. The molecule has 0 aromatic heterocycles. The van der Waals surface area contributed by atoms with E-state index in [9.17, 15) is 13.6 Å². The predicted octanol–water partition coefficient (Wildman–Crippen LogP) is 3.47. The Kier molecular flexibility index (Phi) is 6.69. The van der Waals surface area contributed by atoms with Crippen LogP contribution in [0.4, 0.5) is 8.78 Å². The Bertz CT molecular complexity index is 844.